The molecule has 0 N–H and O–H groups in total. The van der Waals surface area contributed by atoms with E-state index in [1.54, 1.807) is 0 Å². The number of halogens is 6. The van der Waals surface area contributed by atoms with Crippen molar-refractivity contribution < 1.29 is 44.7 Å². The van der Waals surface area contributed by atoms with E-state index in [-0.39, 0.29) is 24.7 Å². The van der Waals surface area contributed by atoms with Crippen LogP contribution in [0.5, 0.6) is 11.5 Å². The molecule has 0 aliphatic rings. The van der Waals surface area contributed by atoms with E-state index in [0.29, 0.717) is 10.4 Å². The van der Waals surface area contributed by atoms with Crippen LogP contribution in [0.2, 0.25) is 0 Å². The van der Waals surface area contributed by atoms with Gasteiger partial charge in [0.25, 0.3) is 0 Å². The highest BCUT2D eigenvalue weighted by Gasteiger charge is 2.43. The minimum atomic E-state index is -4.00. The van der Waals surface area contributed by atoms with Crippen LogP contribution in [0.1, 0.15) is 11.1 Å². The van der Waals surface area contributed by atoms with Gasteiger partial charge in [0.2, 0.25) is 0 Å². The van der Waals surface area contributed by atoms with Crippen molar-refractivity contribution >= 4 is 53.1 Å². The third-order valence-corrected chi connectivity index (χ3v) is 13.8. The number of benzene rings is 8. The van der Waals surface area contributed by atoms with Gasteiger partial charge in [0.15, 0.2) is 0 Å². The predicted molar refractivity (Wildman–Crippen MR) is 252 cm³/mol. The summed E-state index contributed by atoms with van der Waals surface area (Å²) < 4.78 is 103. The highest BCUT2D eigenvalue weighted by atomic mass is 28.4. The summed E-state index contributed by atoms with van der Waals surface area (Å²) in [6.07, 6.45) is -5.24. The minimum Gasteiger partial charge on any atom is -0.428 e. The van der Waals surface area contributed by atoms with Gasteiger partial charge in [0.05, 0.1) is 13.2 Å². The van der Waals surface area contributed by atoms with Crippen molar-refractivity contribution in [2.24, 2.45) is 0 Å². The maximum absolute atomic E-state index is 13.9. The van der Waals surface area contributed by atoms with Crippen LogP contribution in [0.3, 0.4) is 0 Å². The molecular weight excluding hydrogens is 883 g/mol. The first-order valence-electron chi connectivity index (χ1n) is 20.9. The Balaban J connectivity index is 1.16. The maximum Gasteiger partial charge on any atom is 0.407 e. The molecule has 0 fully saturated rings. The number of nitrogens with zero attached hydrogens (tertiary/aromatic N) is 2. The molecule has 6 nitrogen and oxygen atoms in total. The molecule has 0 bridgehead atoms. The van der Waals surface area contributed by atoms with E-state index in [2.05, 4.69) is 9.80 Å². The molecule has 0 saturated heterocycles. The summed E-state index contributed by atoms with van der Waals surface area (Å²) in [5.74, 6) is -0.435. The first kappa shape index (κ1) is 45.7. The van der Waals surface area contributed by atoms with Gasteiger partial charge in [-0.05, 0) is 119 Å². The van der Waals surface area contributed by atoms with Gasteiger partial charge in [-0.2, -0.15) is 26.3 Å². The van der Waals surface area contributed by atoms with Gasteiger partial charge in [-0.25, -0.2) is 0 Å². The summed E-state index contributed by atoms with van der Waals surface area (Å²) >= 11 is 0. The number of hydrogen-bond donors (Lipinski definition) is 0. The average molecular weight is 923 g/mol. The first-order chi connectivity index (χ1) is 32.7. The Morgan fingerprint density at radius 2 is 0.597 bits per heavy atom. The van der Waals surface area contributed by atoms with Gasteiger partial charge in [-0.1, -0.05) is 121 Å². The molecule has 0 aromatic heterocycles. The largest absolute Gasteiger partial charge is 0.428 e. The van der Waals surface area contributed by atoms with Gasteiger partial charge in [0.1, 0.15) is 11.5 Å². The van der Waals surface area contributed by atoms with Crippen molar-refractivity contribution in [2.45, 2.75) is 13.2 Å². The standard InChI is InChI=1S/C54H40F6N2O4Si/c55-51(56)53(59)65-47-29-33-49(34-30-47)67(50-35-31-48(32-36-50)66-54(60)52(57)58,63-37-39-21-25-45(26-22-39)61(41-13-5-1-6-14-41)42-15-7-2-8-16-42)64-38-40-23-27-46(28-24-40)62(43-17-9-3-10-18-43)44-19-11-4-12-20-44/h1-36H,37-38H2. The van der Waals surface area contributed by atoms with Crippen molar-refractivity contribution in [1.29, 1.82) is 0 Å². The molecule has 0 unspecified atom stereocenters. The Morgan fingerprint density at radius 3 is 0.866 bits per heavy atom. The topological polar surface area (TPSA) is 43.4 Å². The van der Waals surface area contributed by atoms with Gasteiger partial charge in [-0.15, -0.1) is 0 Å². The predicted octanol–water partition coefficient (Wildman–Crippen LogP) is 14.4. The fourth-order valence-electron chi connectivity index (χ4n) is 7.37. The molecular formula is C54H40F6N2O4Si. The molecule has 0 aliphatic carbocycles. The molecule has 0 atom stereocenters. The number of hydrogen-bond acceptors (Lipinski definition) is 6. The second-order valence-electron chi connectivity index (χ2n) is 14.9. The van der Waals surface area contributed by atoms with Crippen LogP contribution in [0, 0.1) is 0 Å². The van der Waals surface area contributed by atoms with E-state index >= 15 is 0 Å². The summed E-state index contributed by atoms with van der Waals surface area (Å²) in [6.45, 7) is -0.00678. The normalized spacial score (nSPS) is 11.1. The molecule has 0 aliphatic heterocycles. The minimum absolute atomic E-state index is 0.00339. The summed E-state index contributed by atoms with van der Waals surface area (Å²) in [6, 6.07) is 62.4. The SMILES string of the molecule is FC(F)=C(F)Oc1ccc([Si](OCc2ccc(N(c3ccccc3)c3ccccc3)cc2)(OCc2ccc(N(c3ccccc3)c3ccccc3)cc2)c2ccc(OC(F)=C(F)F)cc2)cc1. The zero-order valence-corrected chi connectivity index (χ0v) is 36.5. The number of anilines is 6. The number of para-hydroxylation sites is 4. The lowest BCUT2D eigenvalue weighted by Crippen LogP contribution is -2.63. The molecule has 0 heterocycles. The van der Waals surface area contributed by atoms with Crippen molar-refractivity contribution in [3.63, 3.8) is 0 Å². The average Bonchev–Trinajstić information content (AvgIpc) is 3.37. The van der Waals surface area contributed by atoms with Crippen LogP contribution in [0.4, 0.5) is 60.5 Å². The Kier molecular flexibility index (Phi) is 14.6. The number of ether oxygens (including phenoxy) is 2. The second kappa shape index (κ2) is 21.4. The second-order valence-corrected chi connectivity index (χ2v) is 17.8. The highest BCUT2D eigenvalue weighted by Crippen LogP contribution is 2.36. The molecule has 8 aromatic carbocycles. The van der Waals surface area contributed by atoms with Crippen molar-refractivity contribution in [2.75, 3.05) is 9.80 Å². The zero-order valence-electron chi connectivity index (χ0n) is 35.5. The van der Waals surface area contributed by atoms with E-state index < -0.39 is 32.7 Å². The van der Waals surface area contributed by atoms with E-state index in [9.17, 15) is 26.3 Å². The maximum atomic E-state index is 13.9. The van der Waals surface area contributed by atoms with Crippen LogP contribution < -0.4 is 29.6 Å². The Bertz CT molecular complexity index is 2610. The summed E-state index contributed by atoms with van der Waals surface area (Å²) in [7, 11) is -4.00. The van der Waals surface area contributed by atoms with E-state index in [1.807, 2.05) is 170 Å². The zero-order chi connectivity index (χ0) is 46.6. The monoisotopic (exact) mass is 922 g/mol. The molecule has 0 radical (unpaired) electrons. The lowest BCUT2D eigenvalue weighted by Gasteiger charge is -2.32. The molecule has 67 heavy (non-hydrogen) atoms. The molecule has 336 valence electrons. The van der Waals surface area contributed by atoms with E-state index in [0.717, 1.165) is 45.3 Å². The Morgan fingerprint density at radius 1 is 0.328 bits per heavy atom. The quantitative estimate of drug-likeness (QED) is 0.0485. The Hall–Kier alpha value is -7.84. The molecule has 13 heteroatoms. The lowest BCUT2D eigenvalue weighted by molar-refractivity contribution is 0.176. The third kappa shape index (κ3) is 11.2. The van der Waals surface area contributed by atoms with Gasteiger partial charge >= 0.3 is 32.7 Å². The van der Waals surface area contributed by atoms with Crippen LogP contribution in [0.25, 0.3) is 0 Å². The smallest absolute Gasteiger partial charge is 0.407 e. The lowest BCUT2D eigenvalue weighted by atomic mass is 10.1. The summed E-state index contributed by atoms with van der Waals surface area (Å²) in [5.41, 5.74) is 7.08. The van der Waals surface area contributed by atoms with Gasteiger partial charge < -0.3 is 28.1 Å². The molecule has 8 aromatic rings. The van der Waals surface area contributed by atoms with Crippen molar-refractivity contribution in [3.8, 4) is 11.5 Å². The van der Waals surface area contributed by atoms with E-state index in [1.165, 1.54) is 48.5 Å². The molecule has 0 amide bonds. The summed E-state index contributed by atoms with van der Waals surface area (Å²) in [4.78, 5) is 4.23. The van der Waals surface area contributed by atoms with Crippen LogP contribution in [0.15, 0.2) is 243 Å². The highest BCUT2D eigenvalue weighted by molar-refractivity contribution is 6.92. The fourth-order valence-corrected chi connectivity index (χ4v) is 10.4. The van der Waals surface area contributed by atoms with Crippen LogP contribution in [-0.4, -0.2) is 8.56 Å². The fraction of sp³-hybridized carbons (Fsp3) is 0.0370. The molecule has 0 saturated carbocycles. The van der Waals surface area contributed by atoms with Crippen molar-refractivity contribution in [3.05, 3.63) is 254 Å². The molecule has 0 spiro atoms. The van der Waals surface area contributed by atoms with E-state index in [4.69, 9.17) is 18.3 Å². The number of rotatable bonds is 18. The van der Waals surface area contributed by atoms with Gasteiger partial charge in [-0.3, -0.25) is 0 Å². The Labute approximate surface area is 384 Å². The van der Waals surface area contributed by atoms with Gasteiger partial charge in [0, 0.05) is 34.1 Å². The molecule has 8 rings (SSSR count). The third-order valence-electron chi connectivity index (χ3n) is 10.5. The van der Waals surface area contributed by atoms with Crippen molar-refractivity contribution in [1.82, 2.24) is 0 Å². The summed E-state index contributed by atoms with van der Waals surface area (Å²) in [5, 5.41) is 0.901. The first-order valence-corrected chi connectivity index (χ1v) is 22.7. The van der Waals surface area contributed by atoms with Crippen LogP contribution >= 0.6 is 0 Å². The van der Waals surface area contributed by atoms with Crippen LogP contribution in [-0.2, 0) is 22.1 Å².